The zero-order valence-corrected chi connectivity index (χ0v) is 15.2. The fraction of sp³-hybridized carbons (Fsp3) is 0.647. The van der Waals surface area contributed by atoms with Crippen LogP contribution in [-0.2, 0) is 22.4 Å². The number of carbonyl (C=O) groups is 2. The van der Waals surface area contributed by atoms with Crippen LogP contribution in [0, 0.1) is 0 Å². The molecule has 128 valence electrons. The van der Waals surface area contributed by atoms with Gasteiger partial charge in [-0.2, -0.15) is 0 Å². The largest absolute Gasteiger partial charge is 0.462 e. The molecule has 0 atom stereocenters. The van der Waals surface area contributed by atoms with Crippen molar-refractivity contribution < 1.29 is 14.3 Å². The molecule has 1 aromatic rings. The fourth-order valence-corrected chi connectivity index (χ4v) is 4.27. The molecule has 0 spiro atoms. The number of alkyl halides is 1. The van der Waals surface area contributed by atoms with E-state index in [2.05, 4.69) is 5.32 Å². The fourth-order valence-electron chi connectivity index (χ4n) is 2.84. The van der Waals surface area contributed by atoms with Crippen LogP contribution < -0.4 is 5.32 Å². The number of hydrogen-bond donors (Lipinski definition) is 1. The standard InChI is InChI=1S/C17H24ClNO3S/c1-2-22-17(21)15-12-8-5-3-4-6-9-13(12)23-16(15)19-14(20)10-7-11-18/h2-11H2,1H3,(H,19,20). The molecule has 1 aliphatic carbocycles. The number of nitrogens with one attached hydrogen (secondary N) is 1. The smallest absolute Gasteiger partial charge is 0.341 e. The van der Waals surface area contributed by atoms with Gasteiger partial charge in [0.2, 0.25) is 5.91 Å². The lowest BCUT2D eigenvalue weighted by molar-refractivity contribution is -0.116. The molecule has 1 aliphatic rings. The Labute approximate surface area is 146 Å². The van der Waals surface area contributed by atoms with Crippen LogP contribution >= 0.6 is 22.9 Å². The van der Waals surface area contributed by atoms with E-state index in [4.69, 9.17) is 16.3 Å². The molecule has 1 aromatic heterocycles. The first kappa shape index (κ1) is 18.3. The third-order valence-electron chi connectivity index (χ3n) is 3.94. The van der Waals surface area contributed by atoms with E-state index in [-0.39, 0.29) is 11.9 Å². The average molecular weight is 358 g/mol. The van der Waals surface area contributed by atoms with Gasteiger partial charge in [-0.1, -0.05) is 12.8 Å². The first-order valence-electron chi connectivity index (χ1n) is 8.34. The van der Waals surface area contributed by atoms with Gasteiger partial charge >= 0.3 is 5.97 Å². The van der Waals surface area contributed by atoms with Gasteiger partial charge in [0.15, 0.2) is 0 Å². The van der Waals surface area contributed by atoms with Crippen LogP contribution in [-0.4, -0.2) is 24.4 Å². The summed E-state index contributed by atoms with van der Waals surface area (Å²) in [7, 11) is 0. The number of thiophene rings is 1. The van der Waals surface area contributed by atoms with Crippen molar-refractivity contribution in [3.8, 4) is 0 Å². The first-order valence-corrected chi connectivity index (χ1v) is 9.70. The maximum atomic E-state index is 12.4. The predicted octanol–water partition coefficient (Wildman–Crippen LogP) is 4.54. The van der Waals surface area contributed by atoms with Crippen molar-refractivity contribution in [2.24, 2.45) is 0 Å². The second-order valence-electron chi connectivity index (χ2n) is 5.68. The first-order chi connectivity index (χ1) is 11.2. The molecule has 0 bridgehead atoms. The predicted molar refractivity (Wildman–Crippen MR) is 94.7 cm³/mol. The Morgan fingerprint density at radius 2 is 1.96 bits per heavy atom. The summed E-state index contributed by atoms with van der Waals surface area (Å²) in [6.07, 6.45) is 7.49. The quantitative estimate of drug-likeness (QED) is 0.600. The Bertz CT molecular complexity index is 556. The third kappa shape index (κ3) is 4.95. The van der Waals surface area contributed by atoms with Gasteiger partial charge in [0.1, 0.15) is 5.00 Å². The number of hydrogen-bond acceptors (Lipinski definition) is 4. The molecular formula is C17H24ClNO3S. The average Bonchev–Trinajstić information content (AvgIpc) is 2.82. The number of esters is 1. The summed E-state index contributed by atoms with van der Waals surface area (Å²) in [6.45, 7) is 2.13. The van der Waals surface area contributed by atoms with Crippen molar-refractivity contribution in [1.29, 1.82) is 0 Å². The van der Waals surface area contributed by atoms with Gasteiger partial charge in [0.05, 0.1) is 12.2 Å². The normalized spacial score (nSPS) is 14.5. The van der Waals surface area contributed by atoms with E-state index < -0.39 is 0 Å². The van der Waals surface area contributed by atoms with Crippen molar-refractivity contribution in [2.45, 2.75) is 58.3 Å². The zero-order chi connectivity index (χ0) is 16.7. The SMILES string of the molecule is CCOC(=O)c1c(NC(=O)CCCCl)sc2c1CCCCCC2. The van der Waals surface area contributed by atoms with Crippen LogP contribution in [0.15, 0.2) is 0 Å². The highest BCUT2D eigenvalue weighted by atomic mass is 35.5. The topological polar surface area (TPSA) is 55.4 Å². The molecule has 0 fully saturated rings. The number of carbonyl (C=O) groups excluding carboxylic acids is 2. The molecule has 4 nitrogen and oxygen atoms in total. The van der Waals surface area contributed by atoms with Crippen LogP contribution in [0.5, 0.6) is 0 Å². The van der Waals surface area contributed by atoms with E-state index in [9.17, 15) is 9.59 Å². The van der Waals surface area contributed by atoms with Gasteiger partial charge in [-0.15, -0.1) is 22.9 Å². The number of aryl methyl sites for hydroxylation is 1. The Morgan fingerprint density at radius 3 is 2.65 bits per heavy atom. The van der Waals surface area contributed by atoms with E-state index >= 15 is 0 Å². The van der Waals surface area contributed by atoms with Crippen LogP contribution in [0.4, 0.5) is 5.00 Å². The van der Waals surface area contributed by atoms with Gasteiger partial charge in [-0.3, -0.25) is 4.79 Å². The molecule has 1 heterocycles. The number of halogens is 1. The molecule has 2 rings (SSSR count). The van der Waals surface area contributed by atoms with Crippen LogP contribution in [0.3, 0.4) is 0 Å². The third-order valence-corrected chi connectivity index (χ3v) is 5.42. The molecule has 1 amide bonds. The highest BCUT2D eigenvalue weighted by Crippen LogP contribution is 2.37. The zero-order valence-electron chi connectivity index (χ0n) is 13.6. The van der Waals surface area contributed by atoms with Gasteiger partial charge in [0.25, 0.3) is 0 Å². The second-order valence-corrected chi connectivity index (χ2v) is 7.17. The summed E-state index contributed by atoms with van der Waals surface area (Å²) in [5.74, 6) is 0.0441. The minimum Gasteiger partial charge on any atom is -0.462 e. The lowest BCUT2D eigenvalue weighted by atomic mass is 9.96. The minimum absolute atomic E-state index is 0.0922. The maximum Gasteiger partial charge on any atom is 0.341 e. The molecule has 0 saturated heterocycles. The molecule has 0 aromatic carbocycles. The Balaban J connectivity index is 2.29. The van der Waals surface area contributed by atoms with Gasteiger partial charge in [-0.05, 0) is 44.6 Å². The van der Waals surface area contributed by atoms with Gasteiger partial charge in [-0.25, -0.2) is 4.79 Å². The maximum absolute atomic E-state index is 12.4. The van der Waals surface area contributed by atoms with E-state index in [1.54, 1.807) is 6.92 Å². The van der Waals surface area contributed by atoms with Crippen molar-refractivity contribution in [1.82, 2.24) is 0 Å². The molecule has 23 heavy (non-hydrogen) atoms. The van der Waals surface area contributed by atoms with Crippen molar-refractivity contribution in [3.63, 3.8) is 0 Å². The monoisotopic (exact) mass is 357 g/mol. The van der Waals surface area contributed by atoms with Crippen LogP contribution in [0.2, 0.25) is 0 Å². The number of rotatable bonds is 6. The molecule has 1 N–H and O–H groups in total. The van der Waals surface area contributed by atoms with Crippen molar-refractivity contribution >= 4 is 39.8 Å². The Morgan fingerprint density at radius 1 is 1.22 bits per heavy atom. The molecular weight excluding hydrogens is 334 g/mol. The summed E-state index contributed by atoms with van der Waals surface area (Å²) in [4.78, 5) is 25.7. The Kier molecular flexibility index (Phi) is 7.37. The number of amides is 1. The second kappa shape index (κ2) is 9.28. The lowest BCUT2D eigenvalue weighted by Gasteiger charge is -2.11. The number of anilines is 1. The van der Waals surface area contributed by atoms with Crippen molar-refractivity contribution in [3.05, 3.63) is 16.0 Å². The molecule has 0 aliphatic heterocycles. The summed E-state index contributed by atoms with van der Waals surface area (Å²) in [5.41, 5.74) is 1.66. The van der Waals surface area contributed by atoms with E-state index in [1.165, 1.54) is 29.1 Å². The van der Waals surface area contributed by atoms with Crippen LogP contribution in [0.25, 0.3) is 0 Å². The minimum atomic E-state index is -0.321. The number of fused-ring (bicyclic) bond motifs is 1. The molecule has 0 radical (unpaired) electrons. The highest BCUT2D eigenvalue weighted by molar-refractivity contribution is 7.17. The van der Waals surface area contributed by atoms with E-state index in [0.29, 0.717) is 35.9 Å². The summed E-state index contributed by atoms with van der Waals surface area (Å²) in [5, 5.41) is 3.55. The lowest BCUT2D eigenvalue weighted by Crippen LogP contribution is -2.15. The van der Waals surface area contributed by atoms with E-state index in [1.807, 2.05) is 0 Å². The summed E-state index contributed by atoms with van der Waals surface area (Å²) < 4.78 is 5.22. The van der Waals surface area contributed by atoms with Crippen molar-refractivity contribution in [2.75, 3.05) is 17.8 Å². The highest BCUT2D eigenvalue weighted by Gasteiger charge is 2.26. The van der Waals surface area contributed by atoms with Gasteiger partial charge in [0, 0.05) is 17.2 Å². The summed E-state index contributed by atoms with van der Waals surface area (Å²) in [6, 6.07) is 0. The van der Waals surface area contributed by atoms with Crippen LogP contribution in [0.1, 0.15) is 66.2 Å². The van der Waals surface area contributed by atoms with Gasteiger partial charge < -0.3 is 10.1 Å². The molecule has 6 heteroatoms. The molecule has 0 unspecified atom stereocenters. The summed E-state index contributed by atoms with van der Waals surface area (Å²) >= 11 is 7.17. The number of ether oxygens (including phenoxy) is 1. The Hall–Kier alpha value is -1.07. The molecule has 0 saturated carbocycles. The van der Waals surface area contributed by atoms with E-state index in [0.717, 1.165) is 31.2 Å².